The quantitative estimate of drug-likeness (QED) is 0.457. The lowest BCUT2D eigenvalue weighted by molar-refractivity contribution is 0.127. The second-order valence-electron chi connectivity index (χ2n) is 7.54. The summed E-state index contributed by atoms with van der Waals surface area (Å²) >= 11 is 0. The van der Waals surface area contributed by atoms with Crippen LogP contribution < -0.4 is 4.74 Å². The van der Waals surface area contributed by atoms with Crippen molar-refractivity contribution in [1.29, 1.82) is 0 Å². The van der Waals surface area contributed by atoms with Crippen molar-refractivity contribution in [2.24, 2.45) is 5.41 Å². The van der Waals surface area contributed by atoms with Crippen molar-refractivity contribution in [3.05, 3.63) is 53.1 Å². The van der Waals surface area contributed by atoms with Gasteiger partial charge >= 0.3 is 0 Å². The van der Waals surface area contributed by atoms with E-state index in [-0.39, 0.29) is 0 Å². The molecule has 0 amide bonds. The first kappa shape index (κ1) is 20.6. The van der Waals surface area contributed by atoms with E-state index in [0.29, 0.717) is 5.41 Å². The Labute approximate surface area is 160 Å². The van der Waals surface area contributed by atoms with E-state index in [9.17, 15) is 0 Å². The lowest BCUT2D eigenvalue weighted by Crippen LogP contribution is -2.26. The minimum atomic E-state index is 0.299. The van der Waals surface area contributed by atoms with E-state index >= 15 is 0 Å². The molecule has 2 aromatic rings. The largest absolute Gasteiger partial charge is 0.493 e. The van der Waals surface area contributed by atoms with E-state index in [1.54, 1.807) is 0 Å². The molecule has 0 saturated carbocycles. The summed E-state index contributed by atoms with van der Waals surface area (Å²) in [7, 11) is 0. The van der Waals surface area contributed by atoms with Gasteiger partial charge in [-0.05, 0) is 73.4 Å². The normalized spacial score (nSPS) is 11.6. The molecule has 0 saturated heterocycles. The van der Waals surface area contributed by atoms with Crippen molar-refractivity contribution in [2.45, 2.75) is 73.6 Å². The topological polar surface area (TPSA) is 9.23 Å². The molecule has 1 nitrogen and oxygen atoms in total. The number of ether oxygens (including phenoxy) is 1. The second kappa shape index (κ2) is 9.26. The Balaban J connectivity index is 2.38. The summed E-state index contributed by atoms with van der Waals surface area (Å²) in [5.74, 6) is 1.08. The maximum atomic E-state index is 6.42. The van der Waals surface area contributed by atoms with Crippen molar-refractivity contribution in [3.63, 3.8) is 0 Å². The van der Waals surface area contributed by atoms with Gasteiger partial charge in [0, 0.05) is 5.41 Å². The Bertz CT molecular complexity index is 685. The van der Waals surface area contributed by atoms with Gasteiger partial charge in [-0.15, -0.1) is 0 Å². The van der Waals surface area contributed by atoms with Crippen LogP contribution in [0.4, 0.5) is 0 Å². The first-order chi connectivity index (χ1) is 12.5. The summed E-state index contributed by atoms with van der Waals surface area (Å²) in [4.78, 5) is 0. The zero-order valence-electron chi connectivity index (χ0n) is 17.6. The summed E-state index contributed by atoms with van der Waals surface area (Å²) in [5.41, 5.74) is 6.94. The van der Waals surface area contributed by atoms with Crippen molar-refractivity contribution in [2.75, 3.05) is 6.61 Å². The van der Waals surface area contributed by atoms with Gasteiger partial charge in [-0.2, -0.15) is 0 Å². The van der Waals surface area contributed by atoms with Gasteiger partial charge in [-0.25, -0.2) is 0 Å². The monoisotopic (exact) mass is 352 g/mol. The molecule has 0 aromatic heterocycles. The third-order valence-electron chi connectivity index (χ3n) is 6.19. The lowest BCUT2D eigenvalue weighted by atomic mass is 9.81. The first-order valence-electron chi connectivity index (χ1n) is 10.4. The van der Waals surface area contributed by atoms with Crippen LogP contribution in [0.15, 0.2) is 36.4 Å². The molecule has 142 valence electrons. The molecule has 1 heteroatoms. The summed E-state index contributed by atoms with van der Waals surface area (Å²) in [6, 6.07) is 13.5. The van der Waals surface area contributed by atoms with E-state index < -0.39 is 0 Å². The molecule has 0 fully saturated rings. The van der Waals surface area contributed by atoms with Crippen molar-refractivity contribution >= 4 is 0 Å². The highest BCUT2D eigenvalue weighted by Crippen LogP contribution is 2.35. The van der Waals surface area contributed by atoms with Crippen LogP contribution in [-0.2, 0) is 12.8 Å². The Kier molecular flexibility index (Phi) is 7.32. The Hall–Kier alpha value is -1.76. The molecular weight excluding hydrogens is 316 g/mol. The summed E-state index contributed by atoms with van der Waals surface area (Å²) in [6.07, 6.45) is 5.52. The zero-order chi connectivity index (χ0) is 19.2. The van der Waals surface area contributed by atoms with Crippen LogP contribution in [0.2, 0.25) is 0 Å². The molecule has 0 unspecified atom stereocenters. The van der Waals surface area contributed by atoms with E-state index in [2.05, 4.69) is 77.9 Å². The maximum absolute atomic E-state index is 6.42. The molecule has 0 aliphatic carbocycles. The van der Waals surface area contributed by atoms with Crippen LogP contribution >= 0.6 is 0 Å². The van der Waals surface area contributed by atoms with Gasteiger partial charge in [0.2, 0.25) is 0 Å². The fourth-order valence-corrected chi connectivity index (χ4v) is 3.66. The van der Waals surface area contributed by atoms with Crippen LogP contribution in [0.5, 0.6) is 5.75 Å². The average molecular weight is 353 g/mol. The molecular formula is C25H36O. The molecule has 0 heterocycles. The van der Waals surface area contributed by atoms with E-state index in [1.165, 1.54) is 47.1 Å². The molecule has 26 heavy (non-hydrogen) atoms. The molecule has 0 spiro atoms. The van der Waals surface area contributed by atoms with E-state index in [4.69, 9.17) is 4.74 Å². The maximum Gasteiger partial charge on any atom is 0.122 e. The second-order valence-corrected chi connectivity index (χ2v) is 7.54. The fraction of sp³-hybridized carbons (Fsp3) is 0.520. The molecule has 2 aromatic carbocycles. The molecule has 2 rings (SSSR count). The predicted molar refractivity (Wildman–Crippen MR) is 114 cm³/mol. The zero-order valence-corrected chi connectivity index (χ0v) is 17.6. The minimum Gasteiger partial charge on any atom is -0.493 e. The van der Waals surface area contributed by atoms with Gasteiger partial charge in [-0.3, -0.25) is 0 Å². The number of hydrogen-bond acceptors (Lipinski definition) is 1. The number of aryl methyl sites for hydroxylation is 3. The van der Waals surface area contributed by atoms with Crippen LogP contribution in [0.3, 0.4) is 0 Å². The Morgan fingerprint density at radius 2 is 1.35 bits per heavy atom. The number of hydrogen-bond donors (Lipinski definition) is 0. The molecule has 0 atom stereocenters. The van der Waals surface area contributed by atoms with Crippen molar-refractivity contribution in [3.8, 4) is 16.9 Å². The summed E-state index contributed by atoms with van der Waals surface area (Å²) in [5, 5.41) is 0. The Morgan fingerprint density at radius 3 is 1.85 bits per heavy atom. The van der Waals surface area contributed by atoms with Crippen LogP contribution in [-0.4, -0.2) is 6.61 Å². The highest BCUT2D eigenvalue weighted by Gasteiger charge is 2.25. The summed E-state index contributed by atoms with van der Waals surface area (Å²) < 4.78 is 6.42. The summed E-state index contributed by atoms with van der Waals surface area (Å²) in [6.45, 7) is 14.3. The van der Waals surface area contributed by atoms with Gasteiger partial charge in [0.05, 0.1) is 6.61 Å². The fourth-order valence-electron chi connectivity index (χ4n) is 3.66. The smallest absolute Gasteiger partial charge is 0.122 e. The highest BCUT2D eigenvalue weighted by molar-refractivity contribution is 5.70. The van der Waals surface area contributed by atoms with Gasteiger partial charge in [-0.1, -0.05) is 64.4 Å². The lowest BCUT2D eigenvalue weighted by Gasteiger charge is -2.31. The van der Waals surface area contributed by atoms with Crippen LogP contribution in [0, 0.1) is 12.3 Å². The van der Waals surface area contributed by atoms with Gasteiger partial charge in [0.25, 0.3) is 0 Å². The van der Waals surface area contributed by atoms with Gasteiger partial charge in [0.15, 0.2) is 0 Å². The molecule has 0 N–H and O–H groups in total. The number of rotatable bonds is 9. The first-order valence-corrected chi connectivity index (χ1v) is 10.4. The molecule has 0 aliphatic heterocycles. The van der Waals surface area contributed by atoms with Crippen molar-refractivity contribution in [1.82, 2.24) is 0 Å². The number of benzene rings is 2. The third-order valence-corrected chi connectivity index (χ3v) is 6.19. The van der Waals surface area contributed by atoms with Crippen LogP contribution in [0.1, 0.15) is 70.6 Å². The van der Waals surface area contributed by atoms with E-state index in [1.807, 2.05) is 0 Å². The van der Waals surface area contributed by atoms with Crippen LogP contribution in [0.25, 0.3) is 11.1 Å². The van der Waals surface area contributed by atoms with Gasteiger partial charge in [0.1, 0.15) is 5.75 Å². The molecule has 0 radical (unpaired) electrons. The predicted octanol–water partition coefficient (Wildman–Crippen LogP) is 7.38. The molecule has 0 aliphatic rings. The van der Waals surface area contributed by atoms with Crippen molar-refractivity contribution < 1.29 is 4.74 Å². The van der Waals surface area contributed by atoms with E-state index in [0.717, 1.165) is 25.2 Å². The third kappa shape index (κ3) is 4.50. The SMILES string of the molecule is CCc1cc(-c2ccc(C)cc2)c(CC)cc1OCC(CC)(CC)CC. The highest BCUT2D eigenvalue weighted by atomic mass is 16.5. The molecule has 0 bridgehead atoms. The standard InChI is InChI=1S/C25H36O/c1-7-20-17-24(26-18-25(9-3,10-4)11-5)21(8-2)16-23(20)22-14-12-19(6)13-15-22/h12-17H,7-11,18H2,1-6H3. The minimum absolute atomic E-state index is 0.299. The average Bonchev–Trinajstić information content (AvgIpc) is 2.69. The Morgan fingerprint density at radius 1 is 0.769 bits per heavy atom. The van der Waals surface area contributed by atoms with Gasteiger partial charge < -0.3 is 4.74 Å².